The number of pyridine rings is 1. The Balaban J connectivity index is 0.00000259. The number of nitrogens with one attached hydrogen (secondary N) is 1. The monoisotopic (exact) mass is 473 g/mol. The summed E-state index contributed by atoms with van der Waals surface area (Å²) < 4.78 is 11.8. The average molecular weight is 474 g/mol. The van der Waals surface area contributed by atoms with Gasteiger partial charge in [0.1, 0.15) is 17.5 Å². The minimum absolute atomic E-state index is 0. The second-order valence-corrected chi connectivity index (χ2v) is 9.40. The SMILES string of the molecule is Cc1cc(N2CC3(CCC(CNc4ccc(OC5CCCC5)nn4)CC3)OC2=O)ccn1.Cl. The first-order chi connectivity index (χ1) is 15.6. The lowest BCUT2D eigenvalue weighted by Crippen LogP contribution is -2.39. The summed E-state index contributed by atoms with van der Waals surface area (Å²) >= 11 is 0. The van der Waals surface area contributed by atoms with Gasteiger partial charge in [-0.05, 0) is 82.4 Å². The lowest BCUT2D eigenvalue weighted by molar-refractivity contribution is 0.0148. The number of carbonyl (C=O) groups is 1. The molecule has 2 aromatic heterocycles. The van der Waals surface area contributed by atoms with Gasteiger partial charge in [-0.3, -0.25) is 9.88 Å². The third-order valence-corrected chi connectivity index (χ3v) is 6.98. The maximum Gasteiger partial charge on any atom is 0.415 e. The van der Waals surface area contributed by atoms with Gasteiger partial charge in [-0.2, -0.15) is 0 Å². The molecular formula is C24H32ClN5O3. The quantitative estimate of drug-likeness (QED) is 0.636. The molecule has 9 heteroatoms. The van der Waals surface area contributed by atoms with Crippen molar-refractivity contribution >= 4 is 30.0 Å². The number of halogens is 1. The van der Waals surface area contributed by atoms with E-state index in [1.165, 1.54) is 12.8 Å². The molecule has 0 bridgehead atoms. The number of rotatable bonds is 6. The van der Waals surface area contributed by atoms with Gasteiger partial charge < -0.3 is 14.8 Å². The molecular weight excluding hydrogens is 442 g/mol. The van der Waals surface area contributed by atoms with Gasteiger partial charge in [0.2, 0.25) is 5.88 Å². The molecule has 1 aliphatic heterocycles. The maximum atomic E-state index is 12.5. The summed E-state index contributed by atoms with van der Waals surface area (Å²) in [5.74, 6) is 1.90. The molecule has 33 heavy (non-hydrogen) atoms. The zero-order valence-electron chi connectivity index (χ0n) is 19.0. The minimum atomic E-state index is -0.371. The summed E-state index contributed by atoms with van der Waals surface area (Å²) in [5, 5.41) is 11.9. The largest absolute Gasteiger partial charge is 0.473 e. The van der Waals surface area contributed by atoms with Crippen molar-refractivity contribution in [1.29, 1.82) is 0 Å². The fourth-order valence-corrected chi connectivity index (χ4v) is 5.09. The fourth-order valence-electron chi connectivity index (χ4n) is 5.09. The van der Waals surface area contributed by atoms with Crippen LogP contribution in [0.1, 0.15) is 57.1 Å². The predicted molar refractivity (Wildman–Crippen MR) is 128 cm³/mol. The second kappa shape index (κ2) is 10.1. The van der Waals surface area contributed by atoms with Crippen LogP contribution in [0.25, 0.3) is 0 Å². The van der Waals surface area contributed by atoms with E-state index in [-0.39, 0.29) is 24.1 Å². The van der Waals surface area contributed by atoms with Gasteiger partial charge in [0.05, 0.1) is 12.2 Å². The van der Waals surface area contributed by atoms with Crippen molar-refractivity contribution in [2.45, 2.75) is 70.0 Å². The zero-order chi connectivity index (χ0) is 22.0. The normalized spacial score (nSPS) is 25.1. The van der Waals surface area contributed by atoms with Crippen LogP contribution < -0.4 is 15.0 Å². The molecule has 0 aromatic carbocycles. The van der Waals surface area contributed by atoms with Crippen molar-refractivity contribution in [3.05, 3.63) is 36.2 Å². The first-order valence-electron chi connectivity index (χ1n) is 11.8. The van der Waals surface area contributed by atoms with Crippen LogP contribution in [0.3, 0.4) is 0 Å². The van der Waals surface area contributed by atoms with E-state index >= 15 is 0 Å². The molecule has 3 fully saturated rings. The predicted octanol–water partition coefficient (Wildman–Crippen LogP) is 4.92. The van der Waals surface area contributed by atoms with Gasteiger partial charge in [-0.15, -0.1) is 22.6 Å². The Morgan fingerprint density at radius 3 is 2.64 bits per heavy atom. The van der Waals surface area contributed by atoms with Crippen LogP contribution in [0.5, 0.6) is 5.88 Å². The molecule has 3 aliphatic rings. The van der Waals surface area contributed by atoms with Crippen molar-refractivity contribution in [1.82, 2.24) is 15.2 Å². The number of amides is 1. The third kappa shape index (κ3) is 5.49. The molecule has 2 aromatic rings. The molecule has 178 valence electrons. The molecule has 1 amide bonds. The lowest BCUT2D eigenvalue weighted by atomic mass is 9.78. The van der Waals surface area contributed by atoms with Crippen LogP contribution in [0.15, 0.2) is 30.5 Å². The fraction of sp³-hybridized carbons (Fsp3) is 0.583. The maximum absolute atomic E-state index is 12.5. The summed E-state index contributed by atoms with van der Waals surface area (Å²) in [6.45, 7) is 3.39. The molecule has 0 radical (unpaired) electrons. The van der Waals surface area contributed by atoms with Crippen molar-refractivity contribution in [2.75, 3.05) is 23.3 Å². The molecule has 5 rings (SSSR count). The van der Waals surface area contributed by atoms with Crippen molar-refractivity contribution < 1.29 is 14.3 Å². The number of aryl methyl sites for hydroxylation is 1. The number of hydrogen-bond acceptors (Lipinski definition) is 7. The number of nitrogens with zero attached hydrogens (tertiary/aromatic N) is 4. The molecule has 1 saturated heterocycles. The Hall–Kier alpha value is -2.61. The number of hydrogen-bond donors (Lipinski definition) is 1. The van der Waals surface area contributed by atoms with E-state index < -0.39 is 0 Å². The number of carbonyl (C=O) groups excluding carboxylic acids is 1. The summed E-state index contributed by atoms with van der Waals surface area (Å²) in [5.41, 5.74) is 1.39. The Bertz CT molecular complexity index is 943. The molecule has 8 nitrogen and oxygen atoms in total. The van der Waals surface area contributed by atoms with E-state index in [9.17, 15) is 4.79 Å². The van der Waals surface area contributed by atoms with Crippen LogP contribution in [0.4, 0.5) is 16.3 Å². The van der Waals surface area contributed by atoms with E-state index in [0.717, 1.165) is 62.3 Å². The zero-order valence-corrected chi connectivity index (χ0v) is 19.9. The van der Waals surface area contributed by atoms with Crippen LogP contribution in [0, 0.1) is 12.8 Å². The molecule has 2 aliphatic carbocycles. The number of aromatic nitrogens is 3. The Kier molecular flexibility index (Phi) is 7.22. The van der Waals surface area contributed by atoms with Gasteiger partial charge in [0.25, 0.3) is 0 Å². The van der Waals surface area contributed by atoms with Crippen molar-refractivity contribution in [3.8, 4) is 5.88 Å². The Labute approximate surface area is 200 Å². The number of ether oxygens (including phenoxy) is 2. The van der Waals surface area contributed by atoms with Gasteiger partial charge in [0.15, 0.2) is 0 Å². The minimum Gasteiger partial charge on any atom is -0.473 e. The van der Waals surface area contributed by atoms with Crippen LogP contribution >= 0.6 is 12.4 Å². The van der Waals surface area contributed by atoms with E-state index in [0.29, 0.717) is 24.4 Å². The Morgan fingerprint density at radius 2 is 1.94 bits per heavy atom. The van der Waals surface area contributed by atoms with Crippen LogP contribution in [-0.2, 0) is 4.74 Å². The van der Waals surface area contributed by atoms with E-state index in [4.69, 9.17) is 9.47 Å². The van der Waals surface area contributed by atoms with Gasteiger partial charge in [-0.25, -0.2) is 4.79 Å². The smallest absolute Gasteiger partial charge is 0.415 e. The molecule has 1 spiro atoms. The third-order valence-electron chi connectivity index (χ3n) is 6.98. The standard InChI is InChI=1S/C24H31N5O3.ClH/c1-17-14-19(10-13-25-17)29-16-24(32-23(29)30)11-8-18(9-12-24)15-26-21-6-7-22(28-27-21)31-20-4-2-3-5-20;/h6-7,10,13-14,18,20H,2-5,8-9,11-12,15-16H2,1H3,(H,26,27);1H. The Morgan fingerprint density at radius 1 is 1.15 bits per heavy atom. The first kappa shape index (κ1) is 23.5. The van der Waals surface area contributed by atoms with Crippen molar-refractivity contribution in [3.63, 3.8) is 0 Å². The molecule has 2 saturated carbocycles. The molecule has 0 atom stereocenters. The summed E-state index contributed by atoms with van der Waals surface area (Å²) in [7, 11) is 0. The highest BCUT2D eigenvalue weighted by molar-refractivity contribution is 5.90. The van der Waals surface area contributed by atoms with E-state index in [2.05, 4.69) is 20.5 Å². The summed E-state index contributed by atoms with van der Waals surface area (Å²) in [6, 6.07) is 7.64. The first-order valence-corrected chi connectivity index (χ1v) is 11.8. The molecule has 1 N–H and O–H groups in total. The highest BCUT2D eigenvalue weighted by Crippen LogP contribution is 2.40. The van der Waals surface area contributed by atoms with Crippen molar-refractivity contribution in [2.24, 2.45) is 5.92 Å². The molecule has 3 heterocycles. The number of anilines is 2. The van der Waals surface area contributed by atoms with Crippen LogP contribution in [0.2, 0.25) is 0 Å². The lowest BCUT2D eigenvalue weighted by Gasteiger charge is -2.35. The van der Waals surface area contributed by atoms with E-state index in [1.807, 2.05) is 31.2 Å². The molecule has 0 unspecified atom stereocenters. The second-order valence-electron chi connectivity index (χ2n) is 9.40. The highest BCUT2D eigenvalue weighted by Gasteiger charge is 2.47. The average Bonchev–Trinajstić information content (AvgIpc) is 3.42. The van der Waals surface area contributed by atoms with Crippen LogP contribution in [-0.4, -0.2) is 46.1 Å². The van der Waals surface area contributed by atoms with Gasteiger partial charge in [-0.1, -0.05) is 0 Å². The topological polar surface area (TPSA) is 89.5 Å². The van der Waals surface area contributed by atoms with Gasteiger partial charge in [0, 0.05) is 24.5 Å². The highest BCUT2D eigenvalue weighted by atomic mass is 35.5. The van der Waals surface area contributed by atoms with Gasteiger partial charge >= 0.3 is 6.09 Å². The summed E-state index contributed by atoms with van der Waals surface area (Å²) in [4.78, 5) is 18.5. The summed E-state index contributed by atoms with van der Waals surface area (Å²) in [6.07, 6.45) is 10.3. The van der Waals surface area contributed by atoms with E-state index in [1.54, 1.807) is 11.1 Å².